The number of benzene rings is 1. The molecule has 0 radical (unpaired) electrons. The first-order valence-electron chi connectivity index (χ1n) is 5.66. The second-order valence-corrected chi connectivity index (χ2v) is 6.89. The maximum Gasteiger partial charge on any atom is 0.339 e. The van der Waals surface area contributed by atoms with Crippen LogP contribution in [-0.2, 0) is 4.79 Å². The summed E-state index contributed by atoms with van der Waals surface area (Å²) in [6, 6.07) is 6.61. The van der Waals surface area contributed by atoms with E-state index in [4.69, 9.17) is 28.3 Å². The Morgan fingerprint density at radius 1 is 1.24 bits per heavy atom. The maximum atomic E-state index is 11.9. The van der Waals surface area contributed by atoms with E-state index >= 15 is 0 Å². The molecule has 2 rings (SSSR count). The molecule has 1 heterocycles. The molecule has 4 nitrogen and oxygen atoms in total. The Kier molecular flexibility index (Phi) is 5.52. The largest absolute Gasteiger partial charge is 0.478 e. The predicted molar refractivity (Wildman–Crippen MR) is 87.1 cm³/mol. The average molecular weight is 362 g/mol. The maximum absolute atomic E-state index is 11.9. The Morgan fingerprint density at radius 2 is 1.95 bits per heavy atom. The topological polar surface area (TPSA) is 66.4 Å². The first-order chi connectivity index (χ1) is 9.99. The molecule has 0 aliphatic rings. The van der Waals surface area contributed by atoms with Gasteiger partial charge >= 0.3 is 5.97 Å². The molecule has 0 bridgehead atoms. The number of halogens is 2. The molecule has 0 fully saturated rings. The predicted octanol–water partition coefficient (Wildman–Crippen LogP) is 4.48. The molecule has 2 N–H and O–H groups in total. The summed E-state index contributed by atoms with van der Waals surface area (Å²) in [6.45, 7) is 0. The normalized spacial score (nSPS) is 10.4. The molecule has 1 aromatic carbocycles. The summed E-state index contributed by atoms with van der Waals surface area (Å²) in [5.74, 6) is -1.44. The van der Waals surface area contributed by atoms with E-state index in [0.717, 1.165) is 4.21 Å². The number of nitrogens with one attached hydrogen (secondary N) is 1. The van der Waals surface area contributed by atoms with Crippen molar-refractivity contribution in [3.8, 4) is 0 Å². The van der Waals surface area contributed by atoms with Gasteiger partial charge in [0, 0.05) is 0 Å². The average Bonchev–Trinajstić information content (AvgIpc) is 2.93. The lowest BCUT2D eigenvalue weighted by atomic mass is 10.1. The highest BCUT2D eigenvalue weighted by molar-refractivity contribution is 8.01. The van der Waals surface area contributed by atoms with Gasteiger partial charge in [0.15, 0.2) is 0 Å². The van der Waals surface area contributed by atoms with Gasteiger partial charge in [-0.1, -0.05) is 29.3 Å². The molecule has 1 aromatic heterocycles. The fourth-order valence-corrected chi connectivity index (χ4v) is 3.57. The summed E-state index contributed by atoms with van der Waals surface area (Å²) in [7, 11) is 0. The lowest BCUT2D eigenvalue weighted by Crippen LogP contribution is -2.17. The molecule has 8 heteroatoms. The second kappa shape index (κ2) is 7.17. The summed E-state index contributed by atoms with van der Waals surface area (Å²) in [5, 5.41) is 13.7. The van der Waals surface area contributed by atoms with Crippen molar-refractivity contribution in [1.82, 2.24) is 0 Å². The second-order valence-electron chi connectivity index (χ2n) is 3.85. The Bertz CT molecular complexity index is 674. The van der Waals surface area contributed by atoms with Gasteiger partial charge in [-0.05, 0) is 23.6 Å². The van der Waals surface area contributed by atoms with E-state index in [1.165, 1.54) is 35.2 Å². The Balaban J connectivity index is 2.13. The SMILES string of the molecule is O=C(CSc1cccs1)Nc1c(Cl)ccc(Cl)c1C(=O)O. The van der Waals surface area contributed by atoms with Crippen molar-refractivity contribution < 1.29 is 14.7 Å². The molecule has 21 heavy (non-hydrogen) atoms. The van der Waals surface area contributed by atoms with Gasteiger partial charge < -0.3 is 10.4 Å². The van der Waals surface area contributed by atoms with Gasteiger partial charge in [-0.3, -0.25) is 4.79 Å². The van der Waals surface area contributed by atoms with Gasteiger partial charge in [0.05, 0.1) is 25.7 Å². The number of carboxylic acid groups (broad SMARTS) is 1. The quantitative estimate of drug-likeness (QED) is 0.770. The molecule has 0 unspecified atom stereocenters. The summed E-state index contributed by atoms with van der Waals surface area (Å²) in [6.07, 6.45) is 0. The lowest BCUT2D eigenvalue weighted by Gasteiger charge is -2.11. The molecule has 1 amide bonds. The van der Waals surface area contributed by atoms with Crippen LogP contribution < -0.4 is 5.32 Å². The van der Waals surface area contributed by atoms with Crippen molar-refractivity contribution >= 4 is 63.9 Å². The van der Waals surface area contributed by atoms with Crippen molar-refractivity contribution in [3.63, 3.8) is 0 Å². The van der Waals surface area contributed by atoms with E-state index in [2.05, 4.69) is 5.32 Å². The van der Waals surface area contributed by atoms with E-state index in [9.17, 15) is 9.59 Å². The van der Waals surface area contributed by atoms with Crippen LogP contribution in [0.5, 0.6) is 0 Å². The third kappa shape index (κ3) is 4.14. The lowest BCUT2D eigenvalue weighted by molar-refractivity contribution is -0.113. The number of thioether (sulfide) groups is 1. The number of aromatic carboxylic acids is 1. The molecule has 0 aliphatic carbocycles. The van der Waals surface area contributed by atoms with Crippen molar-refractivity contribution in [2.24, 2.45) is 0 Å². The van der Waals surface area contributed by atoms with Crippen LogP contribution in [0.4, 0.5) is 5.69 Å². The van der Waals surface area contributed by atoms with Crippen LogP contribution in [0.1, 0.15) is 10.4 Å². The van der Waals surface area contributed by atoms with Crippen LogP contribution in [0.2, 0.25) is 10.0 Å². The van der Waals surface area contributed by atoms with Crippen LogP contribution in [-0.4, -0.2) is 22.7 Å². The highest BCUT2D eigenvalue weighted by Gasteiger charge is 2.19. The van der Waals surface area contributed by atoms with Gasteiger partial charge in [-0.15, -0.1) is 23.1 Å². The molecule has 0 spiro atoms. The molecular formula is C13H9Cl2NO3S2. The fraction of sp³-hybridized carbons (Fsp3) is 0.0769. The minimum absolute atomic E-state index is 0.0214. The number of carbonyl (C=O) groups is 2. The highest BCUT2D eigenvalue weighted by atomic mass is 35.5. The fourth-order valence-electron chi connectivity index (χ4n) is 1.54. The number of hydrogen-bond donors (Lipinski definition) is 2. The molecule has 0 atom stereocenters. The van der Waals surface area contributed by atoms with Crippen molar-refractivity contribution in [1.29, 1.82) is 0 Å². The first-order valence-corrected chi connectivity index (χ1v) is 8.28. The summed E-state index contributed by atoms with van der Waals surface area (Å²) >= 11 is 14.7. The Morgan fingerprint density at radius 3 is 2.57 bits per heavy atom. The Hall–Kier alpha value is -1.21. The number of hydrogen-bond acceptors (Lipinski definition) is 4. The zero-order valence-electron chi connectivity index (χ0n) is 10.4. The molecular weight excluding hydrogens is 353 g/mol. The zero-order valence-corrected chi connectivity index (χ0v) is 13.6. The van der Waals surface area contributed by atoms with E-state index in [1.807, 2.05) is 17.5 Å². The highest BCUT2D eigenvalue weighted by Crippen LogP contribution is 2.32. The summed E-state index contributed by atoms with van der Waals surface area (Å²) in [4.78, 5) is 23.1. The third-order valence-corrected chi connectivity index (χ3v) is 5.18. The van der Waals surface area contributed by atoms with E-state index in [1.54, 1.807) is 0 Å². The number of anilines is 1. The van der Waals surface area contributed by atoms with Gasteiger partial charge in [0.25, 0.3) is 0 Å². The minimum Gasteiger partial charge on any atom is -0.478 e. The van der Waals surface area contributed by atoms with Gasteiger partial charge in [0.1, 0.15) is 5.56 Å². The molecule has 0 saturated carbocycles. The van der Waals surface area contributed by atoms with Crippen LogP contribution in [0, 0.1) is 0 Å². The number of carboxylic acids is 1. The molecule has 2 aromatic rings. The van der Waals surface area contributed by atoms with Crippen LogP contribution in [0.15, 0.2) is 33.9 Å². The number of thiophene rings is 1. The number of amides is 1. The van der Waals surface area contributed by atoms with Crippen molar-refractivity contribution in [2.75, 3.05) is 11.1 Å². The monoisotopic (exact) mass is 361 g/mol. The standard InChI is InChI=1S/C13H9Cl2NO3S2/c14-7-3-4-8(15)12(11(7)13(18)19)16-9(17)6-21-10-2-1-5-20-10/h1-5H,6H2,(H,16,17)(H,18,19). The van der Waals surface area contributed by atoms with Crippen LogP contribution in [0.3, 0.4) is 0 Å². The first kappa shape index (κ1) is 16.2. The third-order valence-electron chi connectivity index (χ3n) is 2.42. The minimum atomic E-state index is -1.25. The summed E-state index contributed by atoms with van der Waals surface area (Å²) < 4.78 is 1.00. The van der Waals surface area contributed by atoms with Gasteiger partial charge in [0.2, 0.25) is 5.91 Å². The van der Waals surface area contributed by atoms with Crippen molar-refractivity contribution in [2.45, 2.75) is 4.21 Å². The molecule has 0 aliphatic heterocycles. The summed E-state index contributed by atoms with van der Waals surface area (Å²) in [5.41, 5.74) is -0.188. The number of rotatable bonds is 5. The van der Waals surface area contributed by atoms with Crippen LogP contribution in [0.25, 0.3) is 0 Å². The smallest absolute Gasteiger partial charge is 0.339 e. The molecule has 0 saturated heterocycles. The zero-order chi connectivity index (χ0) is 15.4. The van der Waals surface area contributed by atoms with Gasteiger partial charge in [-0.25, -0.2) is 4.79 Å². The van der Waals surface area contributed by atoms with Gasteiger partial charge in [-0.2, -0.15) is 0 Å². The van der Waals surface area contributed by atoms with E-state index < -0.39 is 5.97 Å². The van der Waals surface area contributed by atoms with Crippen LogP contribution >= 0.6 is 46.3 Å². The number of carbonyl (C=O) groups excluding carboxylic acids is 1. The molecule has 110 valence electrons. The Labute approximate surface area is 139 Å². The van der Waals surface area contributed by atoms with E-state index in [0.29, 0.717) is 0 Å². The van der Waals surface area contributed by atoms with E-state index in [-0.39, 0.29) is 33.0 Å². The van der Waals surface area contributed by atoms with Crippen molar-refractivity contribution in [3.05, 3.63) is 45.3 Å².